The lowest BCUT2D eigenvalue weighted by molar-refractivity contribution is 0.0371. The summed E-state index contributed by atoms with van der Waals surface area (Å²) in [5.74, 6) is 1.60. The first kappa shape index (κ1) is 35.3. The Morgan fingerprint density at radius 1 is 0.915 bits per heavy atom. The zero-order valence-electron chi connectivity index (χ0n) is 28.3. The summed E-state index contributed by atoms with van der Waals surface area (Å²) in [6.07, 6.45) is 5.02. The fourth-order valence-electron chi connectivity index (χ4n) is 5.24. The summed E-state index contributed by atoms with van der Waals surface area (Å²) in [4.78, 5) is 22.4. The highest BCUT2D eigenvalue weighted by atomic mass is 16.5. The van der Waals surface area contributed by atoms with E-state index in [0.717, 1.165) is 81.5 Å². The van der Waals surface area contributed by atoms with E-state index in [-0.39, 0.29) is 5.91 Å². The summed E-state index contributed by atoms with van der Waals surface area (Å²) in [6, 6.07) is 18.9. The van der Waals surface area contributed by atoms with Crippen LogP contribution in [0, 0.1) is 0 Å². The normalized spacial score (nSPS) is 13.4. The highest BCUT2D eigenvalue weighted by Gasteiger charge is 2.16. The Balaban J connectivity index is 1.38. The number of rotatable bonds is 17. The van der Waals surface area contributed by atoms with Crippen LogP contribution in [-0.2, 0) is 16.0 Å². The fourth-order valence-corrected chi connectivity index (χ4v) is 5.24. The van der Waals surface area contributed by atoms with Crippen molar-refractivity contribution in [3.8, 4) is 5.75 Å². The van der Waals surface area contributed by atoms with Crippen molar-refractivity contribution in [1.29, 1.82) is 0 Å². The molecule has 2 heterocycles. The molecule has 4 rings (SSSR count). The van der Waals surface area contributed by atoms with Crippen molar-refractivity contribution in [1.82, 2.24) is 14.8 Å². The van der Waals surface area contributed by atoms with Crippen LogP contribution >= 0.6 is 0 Å². The third kappa shape index (κ3) is 11.6. The maximum atomic E-state index is 13.2. The van der Waals surface area contributed by atoms with Gasteiger partial charge in [0.05, 0.1) is 43.2 Å². The first-order chi connectivity index (χ1) is 22.6. The Bertz CT molecular complexity index is 1460. The van der Waals surface area contributed by atoms with Crippen molar-refractivity contribution in [2.45, 2.75) is 52.2 Å². The standard InChI is InChI=1S/C37H50N6O4/c1-28(39-33-16-10-11-17-35(33)45-6)43(21-13-7-12-20-42-22-24-46-25-23-42)27-30-18-19-34(38-26-30)36(44)41-32-15-9-8-14-31(32)40-29(2)47-37(3,4)5/h8-11,14-19,26,39-40H,1-2,7,12-13,20-25,27H2,3-6H3,(H,41,44). The van der Waals surface area contributed by atoms with Crippen LogP contribution in [0.4, 0.5) is 17.1 Å². The second-order valence-corrected chi connectivity index (χ2v) is 12.5. The number of morpholine rings is 1. The number of methoxy groups -OCH3 is 1. The maximum Gasteiger partial charge on any atom is 0.274 e. The van der Waals surface area contributed by atoms with Crippen LogP contribution in [-0.4, -0.2) is 72.8 Å². The third-order valence-corrected chi connectivity index (χ3v) is 7.58. The monoisotopic (exact) mass is 642 g/mol. The topological polar surface area (TPSA) is 100 Å². The summed E-state index contributed by atoms with van der Waals surface area (Å²) >= 11 is 0. The van der Waals surface area contributed by atoms with Gasteiger partial charge in [-0.25, -0.2) is 0 Å². The van der Waals surface area contributed by atoms with Crippen LogP contribution in [0.5, 0.6) is 5.75 Å². The maximum absolute atomic E-state index is 13.2. The van der Waals surface area contributed by atoms with Crippen molar-refractivity contribution < 1.29 is 19.0 Å². The Labute approximate surface area is 279 Å². The molecule has 3 N–H and O–H groups in total. The molecule has 0 unspecified atom stereocenters. The average molecular weight is 643 g/mol. The zero-order valence-corrected chi connectivity index (χ0v) is 28.3. The Kier molecular flexibility index (Phi) is 13.1. The Morgan fingerprint density at radius 2 is 1.60 bits per heavy atom. The number of carbonyl (C=O) groups excluding carboxylic acids is 1. The molecule has 1 aromatic heterocycles. The lowest BCUT2D eigenvalue weighted by atomic mass is 10.2. The summed E-state index contributed by atoms with van der Waals surface area (Å²) in [6.45, 7) is 20.3. The molecular weight excluding hydrogens is 592 g/mol. The van der Waals surface area contributed by atoms with Crippen molar-refractivity contribution in [3.05, 3.63) is 103 Å². The van der Waals surface area contributed by atoms with Crippen LogP contribution in [0.1, 0.15) is 56.1 Å². The number of anilines is 3. The van der Waals surface area contributed by atoms with Gasteiger partial charge in [-0.05, 0) is 82.6 Å². The van der Waals surface area contributed by atoms with Gasteiger partial charge in [0.2, 0.25) is 0 Å². The molecule has 0 atom stereocenters. The van der Waals surface area contributed by atoms with Gasteiger partial charge in [-0.15, -0.1) is 0 Å². The van der Waals surface area contributed by atoms with Crippen molar-refractivity contribution >= 4 is 23.0 Å². The minimum atomic E-state index is -0.399. The number of ether oxygens (including phenoxy) is 3. The summed E-state index contributed by atoms with van der Waals surface area (Å²) in [5, 5.41) is 9.54. The van der Waals surface area contributed by atoms with E-state index >= 15 is 0 Å². The van der Waals surface area contributed by atoms with Gasteiger partial charge in [0.15, 0.2) is 5.88 Å². The smallest absolute Gasteiger partial charge is 0.274 e. The van der Waals surface area contributed by atoms with Gasteiger partial charge in [0.25, 0.3) is 5.91 Å². The quantitative estimate of drug-likeness (QED) is 0.107. The molecule has 1 amide bonds. The Hall–Kier alpha value is -4.54. The van der Waals surface area contributed by atoms with Gasteiger partial charge < -0.3 is 35.1 Å². The molecular formula is C37H50N6O4. The molecule has 0 aliphatic carbocycles. The molecule has 252 valence electrons. The van der Waals surface area contributed by atoms with Gasteiger partial charge in [0, 0.05) is 32.4 Å². The zero-order chi connectivity index (χ0) is 33.6. The van der Waals surface area contributed by atoms with Gasteiger partial charge in [-0.3, -0.25) is 14.7 Å². The number of hydrogen-bond acceptors (Lipinski definition) is 9. The number of carbonyl (C=O) groups is 1. The van der Waals surface area contributed by atoms with Gasteiger partial charge in [0.1, 0.15) is 17.0 Å². The Morgan fingerprint density at radius 3 is 2.26 bits per heavy atom. The summed E-state index contributed by atoms with van der Waals surface area (Å²) < 4.78 is 16.8. The predicted octanol–water partition coefficient (Wildman–Crippen LogP) is 6.93. The first-order valence-electron chi connectivity index (χ1n) is 16.3. The molecule has 1 aliphatic rings. The largest absolute Gasteiger partial charge is 0.495 e. The number of para-hydroxylation sites is 4. The number of aromatic nitrogens is 1. The highest BCUT2D eigenvalue weighted by Crippen LogP contribution is 2.27. The number of nitrogens with zero attached hydrogens (tertiary/aromatic N) is 3. The number of hydrogen-bond donors (Lipinski definition) is 3. The first-order valence-corrected chi connectivity index (χ1v) is 16.3. The lowest BCUT2D eigenvalue weighted by Gasteiger charge is -2.29. The fraction of sp³-hybridized carbons (Fsp3) is 0.405. The SMILES string of the molecule is C=C(Nc1ccccc1NC(=O)c1ccc(CN(CCCCCN2CCOCC2)C(=C)Nc2ccccc2OC)cn1)OC(C)(C)C. The molecule has 3 aromatic rings. The van der Waals surface area contributed by atoms with E-state index in [1.165, 1.54) is 0 Å². The molecule has 1 aliphatic heterocycles. The molecule has 0 saturated carbocycles. The third-order valence-electron chi connectivity index (χ3n) is 7.58. The predicted molar refractivity (Wildman–Crippen MR) is 190 cm³/mol. The average Bonchev–Trinajstić information content (AvgIpc) is 3.05. The van der Waals surface area contributed by atoms with E-state index in [1.807, 2.05) is 75.4 Å². The number of nitrogens with one attached hydrogen (secondary N) is 3. The van der Waals surface area contributed by atoms with Crippen LogP contribution in [0.15, 0.2) is 91.7 Å². The van der Waals surface area contributed by atoms with Crippen LogP contribution in [0.3, 0.4) is 0 Å². The van der Waals surface area contributed by atoms with Gasteiger partial charge in [-0.1, -0.05) is 43.3 Å². The van der Waals surface area contributed by atoms with Gasteiger partial charge >= 0.3 is 0 Å². The van der Waals surface area contributed by atoms with Crippen LogP contribution in [0.25, 0.3) is 0 Å². The van der Waals surface area contributed by atoms with Crippen molar-refractivity contribution in [2.75, 3.05) is 62.5 Å². The van der Waals surface area contributed by atoms with E-state index in [9.17, 15) is 4.79 Å². The molecule has 0 spiro atoms. The number of pyridine rings is 1. The van der Waals surface area contributed by atoms with Crippen LogP contribution in [0.2, 0.25) is 0 Å². The number of benzene rings is 2. The van der Waals surface area contributed by atoms with E-state index in [1.54, 1.807) is 19.4 Å². The molecule has 0 radical (unpaired) electrons. The minimum Gasteiger partial charge on any atom is -0.495 e. The molecule has 10 nitrogen and oxygen atoms in total. The van der Waals surface area contributed by atoms with Crippen LogP contribution < -0.4 is 20.7 Å². The van der Waals surface area contributed by atoms with E-state index in [2.05, 4.69) is 43.9 Å². The summed E-state index contributed by atoms with van der Waals surface area (Å²) in [7, 11) is 1.66. The number of amides is 1. The molecule has 2 aromatic carbocycles. The molecule has 10 heteroatoms. The number of unbranched alkanes of at least 4 members (excludes halogenated alkanes) is 2. The second-order valence-electron chi connectivity index (χ2n) is 12.5. The molecule has 0 bridgehead atoms. The van der Waals surface area contributed by atoms with E-state index in [4.69, 9.17) is 14.2 Å². The highest BCUT2D eigenvalue weighted by molar-refractivity contribution is 6.04. The molecule has 1 fully saturated rings. The second kappa shape index (κ2) is 17.4. The molecule has 47 heavy (non-hydrogen) atoms. The minimum absolute atomic E-state index is 0.312. The van der Waals surface area contributed by atoms with Crippen molar-refractivity contribution in [3.63, 3.8) is 0 Å². The van der Waals surface area contributed by atoms with Crippen molar-refractivity contribution in [2.24, 2.45) is 0 Å². The van der Waals surface area contributed by atoms with Gasteiger partial charge in [-0.2, -0.15) is 0 Å². The molecule has 1 saturated heterocycles. The van der Waals surface area contributed by atoms with E-state index in [0.29, 0.717) is 29.5 Å². The lowest BCUT2D eigenvalue weighted by Crippen LogP contribution is -2.36. The van der Waals surface area contributed by atoms with E-state index < -0.39 is 5.60 Å². The summed E-state index contributed by atoms with van der Waals surface area (Å²) in [5.41, 5.74) is 3.01.